The normalized spacial score (nSPS) is 10.1. The van der Waals surface area contributed by atoms with E-state index in [4.69, 9.17) is 9.78 Å². The van der Waals surface area contributed by atoms with E-state index in [1.165, 1.54) is 0 Å². The maximum absolute atomic E-state index is 8.89. The van der Waals surface area contributed by atoms with Crippen molar-refractivity contribution in [3.8, 4) is 6.07 Å². The third-order valence-electron chi connectivity index (χ3n) is 3.00. The number of nitrogens with zero attached hydrogens (tertiary/aromatic N) is 2. The fourth-order valence-electron chi connectivity index (χ4n) is 1.82. The zero-order valence-corrected chi connectivity index (χ0v) is 10.7. The largest absolute Gasteiger partial charge is 0.381 e. The van der Waals surface area contributed by atoms with Gasteiger partial charge in [0.15, 0.2) is 0 Å². The van der Waals surface area contributed by atoms with Crippen molar-refractivity contribution in [2.24, 2.45) is 0 Å². The number of aromatic nitrogens is 1. The molecule has 0 bridgehead atoms. The van der Waals surface area contributed by atoms with Gasteiger partial charge in [-0.1, -0.05) is 11.2 Å². The van der Waals surface area contributed by atoms with E-state index < -0.39 is 0 Å². The molecule has 0 amide bonds. The zero-order valence-electron chi connectivity index (χ0n) is 10.7. The van der Waals surface area contributed by atoms with Crippen molar-refractivity contribution in [1.82, 2.24) is 5.16 Å². The van der Waals surface area contributed by atoms with Gasteiger partial charge in [0.25, 0.3) is 0 Å². The second-order valence-electron chi connectivity index (χ2n) is 4.30. The average Bonchev–Trinajstić information content (AvgIpc) is 2.68. The SMILES string of the molecule is Cc1ccc(C#N)cc1NCc1c(C)noc1C. The lowest BCUT2D eigenvalue weighted by molar-refractivity contribution is 0.392. The van der Waals surface area contributed by atoms with Crippen LogP contribution in [0.1, 0.15) is 28.1 Å². The molecule has 4 heteroatoms. The van der Waals surface area contributed by atoms with Crippen molar-refractivity contribution in [3.05, 3.63) is 46.3 Å². The molecule has 0 aliphatic heterocycles. The van der Waals surface area contributed by atoms with Crippen LogP contribution in [0.2, 0.25) is 0 Å². The predicted octanol–water partition coefficient (Wildman–Crippen LogP) is 3.08. The van der Waals surface area contributed by atoms with E-state index in [2.05, 4.69) is 16.5 Å². The highest BCUT2D eigenvalue weighted by molar-refractivity contribution is 5.55. The van der Waals surface area contributed by atoms with Crippen LogP contribution in [0.15, 0.2) is 22.7 Å². The summed E-state index contributed by atoms with van der Waals surface area (Å²) >= 11 is 0. The molecule has 0 aliphatic rings. The summed E-state index contributed by atoms with van der Waals surface area (Å²) in [5, 5.41) is 16.1. The summed E-state index contributed by atoms with van der Waals surface area (Å²) in [6.07, 6.45) is 0. The van der Waals surface area contributed by atoms with Crippen LogP contribution in [0.5, 0.6) is 0 Å². The molecule has 0 saturated heterocycles. The minimum absolute atomic E-state index is 0.650. The van der Waals surface area contributed by atoms with Gasteiger partial charge in [-0.05, 0) is 38.5 Å². The molecule has 1 aromatic carbocycles. The minimum atomic E-state index is 0.650. The van der Waals surface area contributed by atoms with E-state index in [0.717, 1.165) is 28.3 Å². The maximum atomic E-state index is 8.89. The van der Waals surface area contributed by atoms with Gasteiger partial charge >= 0.3 is 0 Å². The summed E-state index contributed by atoms with van der Waals surface area (Å²) in [6, 6.07) is 7.75. The molecule has 2 aromatic rings. The first-order valence-corrected chi connectivity index (χ1v) is 5.78. The number of aryl methyl sites for hydroxylation is 3. The second kappa shape index (κ2) is 4.92. The van der Waals surface area contributed by atoms with Crippen LogP contribution < -0.4 is 5.32 Å². The fourth-order valence-corrected chi connectivity index (χ4v) is 1.82. The molecule has 0 radical (unpaired) electrons. The number of benzene rings is 1. The van der Waals surface area contributed by atoms with Crippen LogP contribution in [0.25, 0.3) is 0 Å². The number of hydrogen-bond acceptors (Lipinski definition) is 4. The third-order valence-corrected chi connectivity index (χ3v) is 3.00. The second-order valence-corrected chi connectivity index (χ2v) is 4.30. The van der Waals surface area contributed by atoms with E-state index in [1.54, 1.807) is 0 Å². The topological polar surface area (TPSA) is 61.9 Å². The molecule has 0 atom stereocenters. The molecular weight excluding hydrogens is 226 g/mol. The smallest absolute Gasteiger partial charge is 0.138 e. The third kappa shape index (κ3) is 2.35. The molecule has 0 spiro atoms. The molecule has 2 rings (SSSR count). The maximum Gasteiger partial charge on any atom is 0.138 e. The zero-order chi connectivity index (χ0) is 13.1. The Bertz CT molecular complexity index is 588. The number of nitriles is 1. The highest BCUT2D eigenvalue weighted by Crippen LogP contribution is 2.19. The van der Waals surface area contributed by atoms with Gasteiger partial charge in [-0.25, -0.2) is 0 Å². The van der Waals surface area contributed by atoms with Crippen LogP contribution in [0.4, 0.5) is 5.69 Å². The Morgan fingerprint density at radius 2 is 2.11 bits per heavy atom. The Morgan fingerprint density at radius 3 is 2.72 bits per heavy atom. The first-order chi connectivity index (χ1) is 8.61. The first kappa shape index (κ1) is 12.2. The average molecular weight is 241 g/mol. The molecule has 1 N–H and O–H groups in total. The molecular formula is C14H15N3O. The van der Waals surface area contributed by atoms with Crippen molar-refractivity contribution < 1.29 is 4.52 Å². The van der Waals surface area contributed by atoms with Crippen molar-refractivity contribution in [1.29, 1.82) is 5.26 Å². The molecule has 0 unspecified atom stereocenters. The Balaban J connectivity index is 2.18. The number of hydrogen-bond donors (Lipinski definition) is 1. The number of anilines is 1. The van der Waals surface area contributed by atoms with Crippen LogP contribution in [0, 0.1) is 32.1 Å². The lowest BCUT2D eigenvalue weighted by Crippen LogP contribution is -2.03. The number of nitrogens with one attached hydrogen (secondary N) is 1. The van der Waals surface area contributed by atoms with Crippen LogP contribution in [-0.4, -0.2) is 5.16 Å². The van der Waals surface area contributed by atoms with Crippen LogP contribution >= 0.6 is 0 Å². The van der Waals surface area contributed by atoms with Gasteiger partial charge in [-0.15, -0.1) is 0 Å². The molecule has 1 aromatic heterocycles. The van der Waals surface area contributed by atoms with Crippen molar-refractivity contribution in [2.75, 3.05) is 5.32 Å². The Hall–Kier alpha value is -2.28. The van der Waals surface area contributed by atoms with E-state index >= 15 is 0 Å². The summed E-state index contributed by atoms with van der Waals surface area (Å²) < 4.78 is 5.12. The Morgan fingerprint density at radius 1 is 1.33 bits per heavy atom. The van der Waals surface area contributed by atoms with E-state index in [9.17, 15) is 0 Å². The molecule has 0 aliphatic carbocycles. The Labute approximate surface area is 106 Å². The number of rotatable bonds is 3. The van der Waals surface area contributed by atoms with E-state index in [0.29, 0.717) is 12.1 Å². The molecule has 0 saturated carbocycles. The summed E-state index contributed by atoms with van der Waals surface area (Å²) in [7, 11) is 0. The summed E-state index contributed by atoms with van der Waals surface area (Å²) in [5.74, 6) is 0.828. The molecule has 4 nitrogen and oxygen atoms in total. The highest BCUT2D eigenvalue weighted by Gasteiger charge is 2.09. The van der Waals surface area contributed by atoms with Crippen LogP contribution in [0.3, 0.4) is 0 Å². The first-order valence-electron chi connectivity index (χ1n) is 5.78. The molecule has 0 fully saturated rings. The van der Waals surface area contributed by atoms with Gasteiger partial charge in [0.05, 0.1) is 17.3 Å². The van der Waals surface area contributed by atoms with Crippen molar-refractivity contribution >= 4 is 5.69 Å². The summed E-state index contributed by atoms with van der Waals surface area (Å²) in [5.41, 5.74) is 4.70. The Kier molecular flexibility index (Phi) is 3.33. The van der Waals surface area contributed by atoms with Gasteiger partial charge < -0.3 is 9.84 Å². The van der Waals surface area contributed by atoms with Crippen LogP contribution in [-0.2, 0) is 6.54 Å². The predicted molar refractivity (Wildman–Crippen MR) is 69.2 cm³/mol. The fraction of sp³-hybridized carbons (Fsp3) is 0.286. The molecule has 18 heavy (non-hydrogen) atoms. The van der Waals surface area contributed by atoms with E-state index in [1.807, 2.05) is 39.0 Å². The van der Waals surface area contributed by atoms with Gasteiger partial charge in [-0.2, -0.15) is 5.26 Å². The summed E-state index contributed by atoms with van der Waals surface area (Å²) in [4.78, 5) is 0. The van der Waals surface area contributed by atoms with Gasteiger partial charge in [0.2, 0.25) is 0 Å². The monoisotopic (exact) mass is 241 g/mol. The van der Waals surface area contributed by atoms with Crippen molar-refractivity contribution in [3.63, 3.8) is 0 Å². The minimum Gasteiger partial charge on any atom is -0.381 e. The standard InChI is InChI=1S/C14H15N3O/c1-9-4-5-12(7-15)6-14(9)16-8-13-10(2)17-18-11(13)3/h4-6,16H,8H2,1-3H3. The summed E-state index contributed by atoms with van der Waals surface area (Å²) in [6.45, 7) is 6.48. The van der Waals surface area contributed by atoms with Gasteiger partial charge in [0.1, 0.15) is 5.76 Å². The quantitative estimate of drug-likeness (QED) is 0.897. The molecule has 92 valence electrons. The molecule has 1 heterocycles. The van der Waals surface area contributed by atoms with Gasteiger partial charge in [0, 0.05) is 17.8 Å². The lowest BCUT2D eigenvalue weighted by atomic mass is 10.1. The van der Waals surface area contributed by atoms with E-state index in [-0.39, 0.29) is 0 Å². The highest BCUT2D eigenvalue weighted by atomic mass is 16.5. The van der Waals surface area contributed by atoms with Crippen molar-refractivity contribution in [2.45, 2.75) is 27.3 Å². The lowest BCUT2D eigenvalue weighted by Gasteiger charge is -2.09. The van der Waals surface area contributed by atoms with Gasteiger partial charge in [-0.3, -0.25) is 0 Å².